The number of hydrogen-bond donors (Lipinski definition) is 2. The number of nitrogens with zero attached hydrogens (tertiary/aromatic N) is 3. The third kappa shape index (κ3) is 1.94. The third-order valence-corrected chi connectivity index (χ3v) is 3.23. The van der Waals surface area contributed by atoms with Gasteiger partial charge in [0.1, 0.15) is 5.82 Å². The van der Waals surface area contributed by atoms with Crippen molar-refractivity contribution in [1.82, 2.24) is 20.0 Å². The molecule has 3 aromatic rings. The lowest BCUT2D eigenvalue weighted by Crippen LogP contribution is -2.08. The van der Waals surface area contributed by atoms with Crippen LogP contribution in [0.3, 0.4) is 0 Å². The summed E-state index contributed by atoms with van der Waals surface area (Å²) in [6.07, 6.45) is -4.60. The normalized spacial score (nSPS) is 12.2. The van der Waals surface area contributed by atoms with Gasteiger partial charge in [-0.2, -0.15) is 23.4 Å². The quantitative estimate of drug-likeness (QED) is 0.711. The Morgan fingerprint density at radius 1 is 1.30 bits per heavy atom. The summed E-state index contributed by atoms with van der Waals surface area (Å²) in [5.74, 6) is -0.159. The second kappa shape index (κ2) is 4.23. The van der Waals surface area contributed by atoms with Crippen molar-refractivity contribution in [2.45, 2.75) is 6.18 Å². The molecular formula is C11H7BrF3N5. The summed E-state index contributed by atoms with van der Waals surface area (Å²) in [5.41, 5.74) is 4.94. The van der Waals surface area contributed by atoms with E-state index in [4.69, 9.17) is 5.73 Å². The molecule has 20 heavy (non-hydrogen) atoms. The molecule has 0 spiro atoms. The van der Waals surface area contributed by atoms with Crippen molar-refractivity contribution in [3.63, 3.8) is 0 Å². The molecule has 0 aliphatic carbocycles. The van der Waals surface area contributed by atoms with Gasteiger partial charge in [0.15, 0.2) is 11.3 Å². The highest BCUT2D eigenvalue weighted by molar-refractivity contribution is 9.10. The van der Waals surface area contributed by atoms with Crippen molar-refractivity contribution in [3.05, 3.63) is 34.4 Å². The van der Waals surface area contributed by atoms with Crippen molar-refractivity contribution in [1.29, 1.82) is 0 Å². The van der Waals surface area contributed by atoms with Crippen LogP contribution >= 0.6 is 15.9 Å². The molecular weight excluding hydrogens is 339 g/mol. The predicted octanol–water partition coefficient (Wildman–Crippen LogP) is 3.11. The average molecular weight is 346 g/mol. The van der Waals surface area contributed by atoms with E-state index >= 15 is 0 Å². The highest BCUT2D eigenvalue weighted by Gasteiger charge is 2.39. The number of alkyl halides is 3. The number of nitrogens with two attached hydrogens (primary N) is 1. The fraction of sp³-hybridized carbons (Fsp3) is 0.0909. The molecule has 0 amide bonds. The van der Waals surface area contributed by atoms with Gasteiger partial charge in [-0.25, -0.2) is 4.68 Å². The fourth-order valence-electron chi connectivity index (χ4n) is 1.92. The van der Waals surface area contributed by atoms with Gasteiger partial charge in [0, 0.05) is 4.47 Å². The first kappa shape index (κ1) is 13.0. The standard InChI is InChI=1S/C11H7BrF3N5/c12-5-2-1-3-6(4-5)20-10-7(9(16)17-18-10)8(19-20)11(13,14)15/h1-4H,(H3,16,17,18). The Labute approximate surface area is 118 Å². The number of nitrogens with one attached hydrogen (secondary N) is 1. The molecule has 2 aromatic heterocycles. The Kier molecular flexibility index (Phi) is 2.75. The minimum Gasteiger partial charge on any atom is -0.383 e. The van der Waals surface area contributed by atoms with Crippen LogP contribution in [-0.2, 0) is 6.18 Å². The number of benzene rings is 1. The monoisotopic (exact) mass is 345 g/mol. The minimum atomic E-state index is -4.60. The van der Waals surface area contributed by atoms with Gasteiger partial charge in [-0.05, 0) is 18.2 Å². The second-order valence-electron chi connectivity index (χ2n) is 4.07. The van der Waals surface area contributed by atoms with E-state index in [9.17, 15) is 13.2 Å². The summed E-state index contributed by atoms with van der Waals surface area (Å²) in [5, 5.41) is 9.52. The van der Waals surface area contributed by atoms with Crippen molar-refractivity contribution >= 4 is 32.8 Å². The first-order valence-electron chi connectivity index (χ1n) is 5.43. The average Bonchev–Trinajstić information content (AvgIpc) is 2.90. The van der Waals surface area contributed by atoms with Gasteiger partial charge < -0.3 is 5.73 Å². The molecule has 3 rings (SSSR count). The summed E-state index contributed by atoms with van der Waals surface area (Å²) in [6.45, 7) is 0. The lowest BCUT2D eigenvalue weighted by Gasteiger charge is -2.03. The molecule has 2 heterocycles. The lowest BCUT2D eigenvalue weighted by atomic mass is 10.3. The van der Waals surface area contributed by atoms with Crippen molar-refractivity contribution in [2.24, 2.45) is 0 Å². The predicted molar refractivity (Wildman–Crippen MR) is 70.3 cm³/mol. The van der Waals surface area contributed by atoms with E-state index in [1.165, 1.54) is 0 Å². The van der Waals surface area contributed by atoms with Gasteiger partial charge in [0.25, 0.3) is 0 Å². The van der Waals surface area contributed by atoms with Crippen LogP contribution in [0, 0.1) is 0 Å². The summed E-state index contributed by atoms with van der Waals surface area (Å²) < 4.78 is 40.8. The number of hydrogen-bond acceptors (Lipinski definition) is 3. The number of nitrogen functional groups attached to an aromatic ring is 1. The Bertz CT molecular complexity index is 789. The molecule has 0 radical (unpaired) electrons. The molecule has 0 unspecified atom stereocenters. The van der Waals surface area contributed by atoms with Crippen molar-refractivity contribution < 1.29 is 13.2 Å². The summed E-state index contributed by atoms with van der Waals surface area (Å²) in [4.78, 5) is 0. The van der Waals surface area contributed by atoms with E-state index in [2.05, 4.69) is 31.2 Å². The highest BCUT2D eigenvalue weighted by atomic mass is 79.9. The van der Waals surface area contributed by atoms with Gasteiger partial charge in [-0.3, -0.25) is 5.10 Å². The van der Waals surface area contributed by atoms with E-state index in [-0.39, 0.29) is 16.9 Å². The third-order valence-electron chi connectivity index (χ3n) is 2.73. The van der Waals surface area contributed by atoms with Crippen LogP contribution in [0.2, 0.25) is 0 Å². The van der Waals surface area contributed by atoms with Crippen LogP contribution in [0.4, 0.5) is 19.0 Å². The molecule has 0 fully saturated rings. The van der Waals surface area contributed by atoms with E-state index < -0.39 is 11.9 Å². The number of aromatic nitrogens is 4. The van der Waals surface area contributed by atoms with Crippen LogP contribution in [-0.4, -0.2) is 20.0 Å². The summed E-state index contributed by atoms with van der Waals surface area (Å²) in [7, 11) is 0. The van der Waals surface area contributed by atoms with Gasteiger partial charge in [0.05, 0.1) is 11.1 Å². The zero-order valence-electron chi connectivity index (χ0n) is 9.74. The van der Waals surface area contributed by atoms with Crippen LogP contribution in [0.5, 0.6) is 0 Å². The van der Waals surface area contributed by atoms with Crippen molar-refractivity contribution in [2.75, 3.05) is 5.73 Å². The second-order valence-corrected chi connectivity index (χ2v) is 4.99. The summed E-state index contributed by atoms with van der Waals surface area (Å²) >= 11 is 3.26. The maximum absolute atomic E-state index is 13.0. The molecule has 9 heteroatoms. The maximum atomic E-state index is 13.0. The molecule has 0 bridgehead atoms. The molecule has 0 aliphatic heterocycles. The Hall–Kier alpha value is -2.03. The van der Waals surface area contributed by atoms with Gasteiger partial charge >= 0.3 is 6.18 Å². The van der Waals surface area contributed by atoms with E-state index in [1.54, 1.807) is 24.3 Å². The summed E-state index contributed by atoms with van der Waals surface area (Å²) in [6, 6.07) is 6.71. The smallest absolute Gasteiger partial charge is 0.383 e. The maximum Gasteiger partial charge on any atom is 0.436 e. The molecule has 0 saturated heterocycles. The van der Waals surface area contributed by atoms with Crippen molar-refractivity contribution in [3.8, 4) is 5.69 Å². The van der Waals surface area contributed by atoms with E-state index in [1.807, 2.05) is 0 Å². The van der Waals surface area contributed by atoms with Crippen LogP contribution in [0.25, 0.3) is 16.7 Å². The van der Waals surface area contributed by atoms with Gasteiger partial charge in [-0.1, -0.05) is 22.0 Å². The molecule has 3 N–H and O–H groups in total. The molecule has 0 saturated carbocycles. The number of aromatic amines is 1. The number of H-pyrrole nitrogens is 1. The van der Waals surface area contributed by atoms with E-state index in [0.717, 1.165) is 9.15 Å². The van der Waals surface area contributed by atoms with E-state index in [0.29, 0.717) is 5.69 Å². The molecule has 104 valence electrons. The zero-order chi connectivity index (χ0) is 14.5. The molecule has 5 nitrogen and oxygen atoms in total. The van der Waals surface area contributed by atoms with Crippen LogP contribution in [0.1, 0.15) is 5.69 Å². The van der Waals surface area contributed by atoms with Gasteiger partial charge in [-0.15, -0.1) is 0 Å². The number of rotatable bonds is 1. The molecule has 0 atom stereocenters. The van der Waals surface area contributed by atoms with Gasteiger partial charge in [0.2, 0.25) is 0 Å². The Balaban J connectivity index is 2.33. The lowest BCUT2D eigenvalue weighted by molar-refractivity contribution is -0.140. The minimum absolute atomic E-state index is 0.0351. The largest absolute Gasteiger partial charge is 0.436 e. The Morgan fingerprint density at radius 3 is 2.70 bits per heavy atom. The fourth-order valence-corrected chi connectivity index (χ4v) is 2.30. The number of halogens is 4. The number of anilines is 1. The topological polar surface area (TPSA) is 72.5 Å². The molecule has 0 aliphatic rings. The number of fused-ring (bicyclic) bond motifs is 1. The first-order valence-corrected chi connectivity index (χ1v) is 6.23. The Morgan fingerprint density at radius 2 is 2.05 bits per heavy atom. The van der Waals surface area contributed by atoms with Crippen LogP contribution < -0.4 is 5.73 Å². The highest BCUT2D eigenvalue weighted by Crippen LogP contribution is 2.36. The zero-order valence-corrected chi connectivity index (χ0v) is 11.3. The SMILES string of the molecule is Nc1[nH]nc2c1c(C(F)(F)F)nn2-c1cccc(Br)c1. The first-order chi connectivity index (χ1) is 9.38. The molecule has 1 aromatic carbocycles. The van der Waals surface area contributed by atoms with Crippen LogP contribution in [0.15, 0.2) is 28.7 Å².